The van der Waals surface area contributed by atoms with E-state index in [-0.39, 0.29) is 6.10 Å². The fourth-order valence-electron chi connectivity index (χ4n) is 3.47. The summed E-state index contributed by atoms with van der Waals surface area (Å²) in [6.07, 6.45) is 2.40. The van der Waals surface area contributed by atoms with E-state index < -0.39 is 0 Å². The molecule has 1 heteroatoms. The Morgan fingerprint density at radius 2 is 1.50 bits per heavy atom. The van der Waals surface area contributed by atoms with Gasteiger partial charge in [0.05, 0.1) is 6.10 Å². The SMILES string of the molecule is c1ccc([C@H]2CCO[C@@H](c3ccc4ccccc4c3)C2)cc1. The van der Waals surface area contributed by atoms with Crippen molar-refractivity contribution in [2.45, 2.75) is 24.9 Å². The highest BCUT2D eigenvalue weighted by Gasteiger charge is 2.25. The standard InChI is InChI=1S/C21H20O/c1-2-6-16(7-3-1)19-12-13-22-21(15-19)20-11-10-17-8-4-5-9-18(17)14-20/h1-11,14,19,21H,12-13,15H2/t19-,21+/m0/s1. The Morgan fingerprint density at radius 3 is 2.36 bits per heavy atom. The second-order valence-electron chi connectivity index (χ2n) is 6.10. The molecule has 0 aliphatic carbocycles. The van der Waals surface area contributed by atoms with Gasteiger partial charge in [0, 0.05) is 6.61 Å². The Balaban J connectivity index is 1.61. The molecule has 1 aliphatic rings. The van der Waals surface area contributed by atoms with Crippen LogP contribution in [0.15, 0.2) is 72.8 Å². The molecule has 1 saturated heterocycles. The van der Waals surface area contributed by atoms with Crippen molar-refractivity contribution in [2.24, 2.45) is 0 Å². The lowest BCUT2D eigenvalue weighted by Gasteiger charge is -2.30. The van der Waals surface area contributed by atoms with Crippen LogP contribution in [0.2, 0.25) is 0 Å². The van der Waals surface area contributed by atoms with Gasteiger partial charge in [-0.05, 0) is 46.7 Å². The molecule has 110 valence electrons. The van der Waals surface area contributed by atoms with Crippen LogP contribution in [-0.4, -0.2) is 6.61 Å². The maximum atomic E-state index is 6.06. The third kappa shape index (κ3) is 2.65. The van der Waals surface area contributed by atoms with Crippen LogP contribution in [0.1, 0.15) is 36.0 Å². The van der Waals surface area contributed by atoms with Crippen molar-refractivity contribution in [2.75, 3.05) is 6.61 Å². The molecule has 1 nitrogen and oxygen atoms in total. The molecule has 1 aliphatic heterocycles. The van der Waals surface area contributed by atoms with Gasteiger partial charge in [-0.3, -0.25) is 0 Å². The van der Waals surface area contributed by atoms with E-state index in [0.717, 1.165) is 19.4 Å². The monoisotopic (exact) mass is 288 g/mol. The minimum absolute atomic E-state index is 0.212. The van der Waals surface area contributed by atoms with Crippen LogP contribution in [0.4, 0.5) is 0 Å². The lowest BCUT2D eigenvalue weighted by Crippen LogP contribution is -2.18. The predicted molar refractivity (Wildman–Crippen MR) is 91.1 cm³/mol. The molecule has 0 bridgehead atoms. The quantitative estimate of drug-likeness (QED) is 0.607. The minimum Gasteiger partial charge on any atom is -0.373 e. The largest absolute Gasteiger partial charge is 0.373 e. The summed E-state index contributed by atoms with van der Waals surface area (Å²) >= 11 is 0. The zero-order chi connectivity index (χ0) is 14.8. The number of fused-ring (bicyclic) bond motifs is 1. The highest BCUT2D eigenvalue weighted by Crippen LogP contribution is 2.38. The Bertz CT molecular complexity index is 763. The molecule has 2 atom stereocenters. The van der Waals surface area contributed by atoms with Crippen molar-refractivity contribution in [1.82, 2.24) is 0 Å². The van der Waals surface area contributed by atoms with Gasteiger partial charge in [0.1, 0.15) is 0 Å². The van der Waals surface area contributed by atoms with Gasteiger partial charge in [0.25, 0.3) is 0 Å². The Morgan fingerprint density at radius 1 is 0.727 bits per heavy atom. The molecule has 0 radical (unpaired) electrons. The molecule has 3 aromatic rings. The van der Waals surface area contributed by atoms with E-state index in [4.69, 9.17) is 4.74 Å². The van der Waals surface area contributed by atoms with E-state index in [0.29, 0.717) is 5.92 Å². The van der Waals surface area contributed by atoms with Crippen molar-refractivity contribution in [3.8, 4) is 0 Å². The molecule has 0 aromatic heterocycles. The molecule has 3 aromatic carbocycles. The maximum absolute atomic E-state index is 6.06. The zero-order valence-corrected chi connectivity index (χ0v) is 12.6. The Hall–Kier alpha value is -2.12. The van der Waals surface area contributed by atoms with E-state index in [1.165, 1.54) is 21.9 Å². The van der Waals surface area contributed by atoms with Crippen molar-refractivity contribution in [1.29, 1.82) is 0 Å². The van der Waals surface area contributed by atoms with Gasteiger partial charge in [0.2, 0.25) is 0 Å². The average molecular weight is 288 g/mol. The summed E-state index contributed by atoms with van der Waals surface area (Å²) < 4.78 is 6.06. The van der Waals surface area contributed by atoms with Gasteiger partial charge in [-0.1, -0.05) is 66.7 Å². The van der Waals surface area contributed by atoms with Crippen LogP contribution in [0.3, 0.4) is 0 Å². The second kappa shape index (κ2) is 5.94. The maximum Gasteiger partial charge on any atom is 0.0831 e. The van der Waals surface area contributed by atoms with E-state index in [9.17, 15) is 0 Å². The lowest BCUT2D eigenvalue weighted by molar-refractivity contribution is 0.00534. The first kappa shape index (κ1) is 13.5. The van der Waals surface area contributed by atoms with Crippen molar-refractivity contribution < 1.29 is 4.74 Å². The molecule has 0 unspecified atom stereocenters. The summed E-state index contributed by atoms with van der Waals surface area (Å²) in [5, 5.41) is 2.59. The summed E-state index contributed by atoms with van der Waals surface area (Å²) in [5.41, 5.74) is 2.75. The highest BCUT2D eigenvalue weighted by atomic mass is 16.5. The summed E-state index contributed by atoms with van der Waals surface area (Å²) in [7, 11) is 0. The molecular formula is C21H20O. The van der Waals surface area contributed by atoms with Crippen molar-refractivity contribution in [3.63, 3.8) is 0 Å². The highest BCUT2D eigenvalue weighted by molar-refractivity contribution is 5.83. The molecular weight excluding hydrogens is 268 g/mol. The van der Waals surface area contributed by atoms with Crippen LogP contribution in [0.5, 0.6) is 0 Å². The lowest BCUT2D eigenvalue weighted by atomic mass is 9.86. The van der Waals surface area contributed by atoms with Gasteiger partial charge in [0.15, 0.2) is 0 Å². The molecule has 0 amide bonds. The summed E-state index contributed by atoms with van der Waals surface area (Å²) in [5.74, 6) is 0.603. The summed E-state index contributed by atoms with van der Waals surface area (Å²) in [6.45, 7) is 0.844. The van der Waals surface area contributed by atoms with E-state index in [2.05, 4.69) is 72.8 Å². The second-order valence-corrected chi connectivity index (χ2v) is 6.10. The minimum atomic E-state index is 0.212. The average Bonchev–Trinajstić information content (AvgIpc) is 2.62. The van der Waals surface area contributed by atoms with Crippen LogP contribution in [0.25, 0.3) is 10.8 Å². The molecule has 1 heterocycles. The number of hydrogen-bond acceptors (Lipinski definition) is 1. The normalized spacial score (nSPS) is 21.8. The third-order valence-corrected chi connectivity index (χ3v) is 4.70. The number of rotatable bonds is 2. The zero-order valence-electron chi connectivity index (χ0n) is 12.6. The first-order valence-corrected chi connectivity index (χ1v) is 8.05. The van der Waals surface area contributed by atoms with Crippen LogP contribution >= 0.6 is 0 Å². The van der Waals surface area contributed by atoms with Gasteiger partial charge in [-0.15, -0.1) is 0 Å². The van der Waals surface area contributed by atoms with E-state index in [1.54, 1.807) is 0 Å². The fraction of sp³-hybridized carbons (Fsp3) is 0.238. The van der Waals surface area contributed by atoms with Crippen LogP contribution in [-0.2, 0) is 4.74 Å². The summed E-state index contributed by atoms with van der Waals surface area (Å²) in [4.78, 5) is 0. The van der Waals surface area contributed by atoms with Crippen LogP contribution < -0.4 is 0 Å². The van der Waals surface area contributed by atoms with Gasteiger partial charge in [-0.25, -0.2) is 0 Å². The summed E-state index contributed by atoms with van der Waals surface area (Å²) in [6, 6.07) is 26.1. The predicted octanol–water partition coefficient (Wildman–Crippen LogP) is 5.48. The first-order chi connectivity index (χ1) is 10.9. The number of hydrogen-bond donors (Lipinski definition) is 0. The fourth-order valence-corrected chi connectivity index (χ4v) is 3.47. The first-order valence-electron chi connectivity index (χ1n) is 8.05. The number of ether oxygens (including phenoxy) is 1. The molecule has 4 rings (SSSR count). The topological polar surface area (TPSA) is 9.23 Å². The van der Waals surface area contributed by atoms with Crippen molar-refractivity contribution in [3.05, 3.63) is 83.9 Å². The van der Waals surface area contributed by atoms with E-state index in [1.807, 2.05) is 0 Å². The van der Waals surface area contributed by atoms with E-state index >= 15 is 0 Å². The van der Waals surface area contributed by atoms with Gasteiger partial charge >= 0.3 is 0 Å². The van der Waals surface area contributed by atoms with Crippen LogP contribution in [0, 0.1) is 0 Å². The van der Waals surface area contributed by atoms with Gasteiger partial charge < -0.3 is 4.74 Å². The third-order valence-electron chi connectivity index (χ3n) is 4.70. The van der Waals surface area contributed by atoms with Gasteiger partial charge in [-0.2, -0.15) is 0 Å². The smallest absolute Gasteiger partial charge is 0.0831 e. The number of benzene rings is 3. The molecule has 0 spiro atoms. The molecule has 0 N–H and O–H groups in total. The molecule has 22 heavy (non-hydrogen) atoms. The van der Waals surface area contributed by atoms with Crippen molar-refractivity contribution >= 4 is 10.8 Å². The molecule has 1 fully saturated rings. The Kier molecular flexibility index (Phi) is 3.65. The molecule has 0 saturated carbocycles. The Labute approximate surface area is 131 Å².